The van der Waals surface area contributed by atoms with E-state index in [2.05, 4.69) is 18.9 Å². The minimum absolute atomic E-state index is 0.202. The molecular weight excluding hydrogens is 327 g/mol. The number of halogens is 1. The fraction of sp³-hybridized carbons (Fsp3) is 0.667. The molecule has 0 amide bonds. The lowest BCUT2D eigenvalue weighted by Crippen LogP contribution is -2.48. The first-order chi connectivity index (χ1) is 11.4. The van der Waals surface area contributed by atoms with Gasteiger partial charge in [0.2, 0.25) is 10.0 Å². The molecule has 2 fully saturated rings. The van der Waals surface area contributed by atoms with Crippen LogP contribution in [0.5, 0.6) is 0 Å². The summed E-state index contributed by atoms with van der Waals surface area (Å²) >= 11 is 0. The lowest BCUT2D eigenvalue weighted by molar-refractivity contribution is 0.168. The number of benzene rings is 1. The largest absolute Gasteiger partial charge is 0.302 e. The van der Waals surface area contributed by atoms with Gasteiger partial charge < -0.3 is 4.90 Å². The monoisotopic (exact) mass is 354 g/mol. The van der Waals surface area contributed by atoms with Crippen LogP contribution in [-0.2, 0) is 10.0 Å². The second kappa shape index (κ2) is 6.73. The van der Waals surface area contributed by atoms with Crippen LogP contribution in [0.4, 0.5) is 4.39 Å². The van der Waals surface area contributed by atoms with Crippen molar-refractivity contribution in [1.82, 2.24) is 9.21 Å². The molecule has 134 valence electrons. The van der Waals surface area contributed by atoms with E-state index in [-0.39, 0.29) is 16.5 Å². The van der Waals surface area contributed by atoms with Crippen LogP contribution in [-0.4, -0.2) is 49.3 Å². The maximum Gasteiger partial charge on any atom is 0.243 e. The predicted octanol–water partition coefficient (Wildman–Crippen LogP) is 3.24. The van der Waals surface area contributed by atoms with Gasteiger partial charge in [-0.15, -0.1) is 0 Å². The van der Waals surface area contributed by atoms with E-state index >= 15 is 0 Å². The number of hydrogen-bond acceptors (Lipinski definition) is 3. The van der Waals surface area contributed by atoms with Gasteiger partial charge >= 0.3 is 0 Å². The summed E-state index contributed by atoms with van der Waals surface area (Å²) in [4.78, 5) is 2.45. The van der Waals surface area contributed by atoms with Crippen molar-refractivity contribution >= 4 is 10.0 Å². The number of rotatable bonds is 4. The van der Waals surface area contributed by atoms with Crippen LogP contribution in [0.15, 0.2) is 29.2 Å². The molecular formula is C18H27FN2O2S. The first-order valence-electron chi connectivity index (χ1n) is 8.88. The van der Waals surface area contributed by atoms with Crippen molar-refractivity contribution in [3.05, 3.63) is 30.1 Å². The Kier molecular flexibility index (Phi) is 5.00. The molecule has 1 heterocycles. The molecule has 1 atom stereocenters. The molecule has 1 aliphatic heterocycles. The average Bonchev–Trinajstić information content (AvgIpc) is 2.95. The summed E-state index contributed by atoms with van der Waals surface area (Å²) in [5, 5.41) is 0. The molecule has 24 heavy (non-hydrogen) atoms. The van der Waals surface area contributed by atoms with Gasteiger partial charge in [-0.1, -0.05) is 26.2 Å². The Bertz CT molecular complexity index is 669. The van der Waals surface area contributed by atoms with Gasteiger partial charge in [-0.25, -0.2) is 12.8 Å². The Morgan fingerprint density at radius 2 is 1.83 bits per heavy atom. The fourth-order valence-corrected chi connectivity index (χ4v) is 6.16. The van der Waals surface area contributed by atoms with E-state index in [1.54, 1.807) is 4.31 Å². The molecule has 1 aromatic rings. The molecule has 1 saturated heterocycles. The summed E-state index contributed by atoms with van der Waals surface area (Å²) in [5.41, 5.74) is -0.264. The second-order valence-corrected chi connectivity index (χ2v) is 9.07. The average molecular weight is 354 g/mol. The minimum atomic E-state index is -3.60. The summed E-state index contributed by atoms with van der Waals surface area (Å²) in [6, 6.07) is 5.48. The van der Waals surface area contributed by atoms with E-state index in [0.29, 0.717) is 6.54 Å². The van der Waals surface area contributed by atoms with E-state index in [9.17, 15) is 12.8 Å². The first-order valence-corrected chi connectivity index (χ1v) is 10.3. The molecule has 3 rings (SSSR count). The summed E-state index contributed by atoms with van der Waals surface area (Å²) in [7, 11) is -1.53. The van der Waals surface area contributed by atoms with Crippen molar-refractivity contribution < 1.29 is 12.8 Å². The van der Waals surface area contributed by atoms with Crippen LogP contribution in [0.25, 0.3) is 0 Å². The highest BCUT2D eigenvalue weighted by Gasteiger charge is 2.52. The molecule has 0 radical (unpaired) electrons. The molecule has 0 N–H and O–H groups in total. The third-order valence-electron chi connectivity index (χ3n) is 5.83. The Morgan fingerprint density at radius 3 is 2.42 bits per heavy atom. The topological polar surface area (TPSA) is 40.6 Å². The highest BCUT2D eigenvalue weighted by Crippen LogP contribution is 2.45. The third kappa shape index (κ3) is 3.11. The number of likely N-dealkylation sites (N-methyl/N-ethyl adjacent to an activating group) is 1. The van der Waals surface area contributed by atoms with Crippen LogP contribution in [0.2, 0.25) is 0 Å². The highest BCUT2D eigenvalue weighted by atomic mass is 32.2. The zero-order valence-corrected chi connectivity index (χ0v) is 15.4. The standard InChI is InChI=1S/C18H27FN2O2S/c1-3-20(2)16-13-18(11-5-4-6-12-18)21(14-16)24(22,23)17-9-7-15(19)8-10-17/h7-10,16H,3-6,11-14H2,1-2H3. The van der Waals surface area contributed by atoms with E-state index in [0.717, 1.165) is 38.6 Å². The van der Waals surface area contributed by atoms with Gasteiger partial charge in [-0.3, -0.25) is 0 Å². The Labute approximate surface area is 144 Å². The number of hydrogen-bond donors (Lipinski definition) is 0. The number of sulfonamides is 1. The Balaban J connectivity index is 1.97. The summed E-state index contributed by atoms with van der Waals surface area (Å²) in [6.45, 7) is 3.54. The van der Waals surface area contributed by atoms with Gasteiger partial charge in [-0.05, 0) is 57.1 Å². The molecule has 1 saturated carbocycles. The molecule has 2 aliphatic rings. The van der Waals surface area contributed by atoms with E-state index < -0.39 is 15.8 Å². The van der Waals surface area contributed by atoms with Crippen molar-refractivity contribution in [2.75, 3.05) is 20.1 Å². The lowest BCUT2D eigenvalue weighted by atomic mass is 9.80. The normalized spacial score (nSPS) is 24.8. The van der Waals surface area contributed by atoms with Gasteiger partial charge in [0.05, 0.1) is 4.90 Å². The van der Waals surface area contributed by atoms with Gasteiger partial charge in [0.15, 0.2) is 0 Å². The highest BCUT2D eigenvalue weighted by molar-refractivity contribution is 7.89. The van der Waals surface area contributed by atoms with Crippen molar-refractivity contribution in [3.8, 4) is 0 Å². The molecule has 0 bridgehead atoms. The maximum atomic E-state index is 13.3. The molecule has 1 aromatic carbocycles. The summed E-state index contributed by atoms with van der Waals surface area (Å²) in [6.07, 6.45) is 6.11. The van der Waals surface area contributed by atoms with Gasteiger partial charge in [-0.2, -0.15) is 4.31 Å². The van der Waals surface area contributed by atoms with E-state index in [1.807, 2.05) is 0 Å². The quantitative estimate of drug-likeness (QED) is 0.833. The molecule has 4 nitrogen and oxygen atoms in total. The lowest BCUT2D eigenvalue weighted by Gasteiger charge is -2.40. The van der Waals surface area contributed by atoms with Gasteiger partial charge in [0.25, 0.3) is 0 Å². The van der Waals surface area contributed by atoms with E-state index in [1.165, 1.54) is 30.7 Å². The van der Waals surface area contributed by atoms with Crippen LogP contribution in [0.1, 0.15) is 45.4 Å². The summed E-state index contributed by atoms with van der Waals surface area (Å²) in [5.74, 6) is -0.411. The van der Waals surface area contributed by atoms with Crippen molar-refractivity contribution in [1.29, 1.82) is 0 Å². The minimum Gasteiger partial charge on any atom is -0.302 e. The van der Waals surface area contributed by atoms with E-state index in [4.69, 9.17) is 0 Å². The smallest absolute Gasteiger partial charge is 0.243 e. The zero-order chi connectivity index (χ0) is 17.4. The van der Waals surface area contributed by atoms with Crippen LogP contribution in [0, 0.1) is 5.82 Å². The van der Waals surface area contributed by atoms with Crippen LogP contribution in [0.3, 0.4) is 0 Å². The maximum absolute atomic E-state index is 13.3. The van der Waals surface area contributed by atoms with Crippen LogP contribution >= 0.6 is 0 Å². The molecule has 1 aliphatic carbocycles. The summed E-state index contributed by atoms with van der Waals surface area (Å²) < 4.78 is 41.5. The fourth-order valence-electron chi connectivity index (χ4n) is 4.29. The molecule has 1 unspecified atom stereocenters. The predicted molar refractivity (Wildman–Crippen MR) is 92.8 cm³/mol. The zero-order valence-electron chi connectivity index (χ0n) is 14.5. The third-order valence-corrected chi connectivity index (χ3v) is 7.81. The Morgan fingerprint density at radius 1 is 1.21 bits per heavy atom. The van der Waals surface area contributed by atoms with Crippen molar-refractivity contribution in [2.24, 2.45) is 0 Å². The van der Waals surface area contributed by atoms with Crippen LogP contribution < -0.4 is 0 Å². The van der Waals surface area contributed by atoms with Gasteiger partial charge in [0.1, 0.15) is 5.82 Å². The number of nitrogens with zero attached hydrogens (tertiary/aromatic N) is 2. The first kappa shape index (κ1) is 17.8. The SMILES string of the molecule is CCN(C)C1CN(S(=O)(=O)c2ccc(F)cc2)C2(CCCCC2)C1. The molecule has 0 aromatic heterocycles. The molecule has 1 spiro atoms. The molecule has 6 heteroatoms. The van der Waals surface area contributed by atoms with Gasteiger partial charge in [0, 0.05) is 18.1 Å². The van der Waals surface area contributed by atoms with Crippen molar-refractivity contribution in [3.63, 3.8) is 0 Å². The second-order valence-electron chi connectivity index (χ2n) is 7.21. The van der Waals surface area contributed by atoms with Crippen molar-refractivity contribution in [2.45, 2.75) is 61.9 Å². The Hall–Kier alpha value is -0.980.